The number of imide groups is 1. The number of para-hydroxylation sites is 1. The molecule has 4 aromatic rings. The predicted molar refractivity (Wildman–Crippen MR) is 139 cm³/mol. The molecule has 8 nitrogen and oxygen atoms in total. The molecule has 2 aliphatic rings. The van der Waals surface area contributed by atoms with Crippen LogP contribution in [0.1, 0.15) is 40.1 Å². The molecule has 0 saturated carbocycles. The van der Waals surface area contributed by atoms with Crippen molar-refractivity contribution in [1.29, 1.82) is 0 Å². The molecule has 3 aromatic carbocycles. The van der Waals surface area contributed by atoms with Crippen molar-refractivity contribution in [3.63, 3.8) is 0 Å². The number of ether oxygens (including phenoxy) is 2. The third kappa shape index (κ3) is 3.78. The van der Waals surface area contributed by atoms with Crippen LogP contribution in [0.3, 0.4) is 0 Å². The Morgan fingerprint density at radius 2 is 1.70 bits per heavy atom. The topological polar surface area (TPSA) is 90.2 Å². The average Bonchev–Trinajstić information content (AvgIpc) is 3.50. The van der Waals surface area contributed by atoms with Crippen molar-refractivity contribution in [1.82, 2.24) is 4.57 Å². The standard InChI is InChI=1S/C29H23N3O5/c1-17-22-13-26-27(37-16-36-26)14-25(22)32(28(34)19-8-4-3-5-9-19)29(35)23(30-17)12-20-15-31(18(2)33)24-11-7-6-10-21(20)24/h3-11,13-15,23H,12,16H2,1-2H3. The van der Waals surface area contributed by atoms with Gasteiger partial charge >= 0.3 is 0 Å². The van der Waals surface area contributed by atoms with E-state index in [-0.39, 0.29) is 19.1 Å². The lowest BCUT2D eigenvalue weighted by atomic mass is 10.0. The fraction of sp³-hybridized carbons (Fsp3) is 0.172. The first-order chi connectivity index (χ1) is 17.9. The molecule has 0 radical (unpaired) electrons. The van der Waals surface area contributed by atoms with E-state index in [2.05, 4.69) is 0 Å². The summed E-state index contributed by atoms with van der Waals surface area (Å²) >= 11 is 0. The van der Waals surface area contributed by atoms with Crippen molar-refractivity contribution in [2.24, 2.45) is 4.99 Å². The Hall–Kier alpha value is -4.72. The van der Waals surface area contributed by atoms with Crippen molar-refractivity contribution < 1.29 is 23.9 Å². The van der Waals surface area contributed by atoms with Gasteiger partial charge < -0.3 is 9.47 Å². The van der Waals surface area contributed by atoms with Gasteiger partial charge in [0.05, 0.1) is 11.2 Å². The second kappa shape index (κ2) is 8.74. The number of hydrogen-bond acceptors (Lipinski definition) is 6. The van der Waals surface area contributed by atoms with Gasteiger partial charge in [0.1, 0.15) is 6.04 Å². The van der Waals surface area contributed by atoms with Gasteiger partial charge in [0.25, 0.3) is 11.8 Å². The van der Waals surface area contributed by atoms with Gasteiger partial charge in [-0.15, -0.1) is 0 Å². The first-order valence-electron chi connectivity index (χ1n) is 11.9. The third-order valence-electron chi connectivity index (χ3n) is 6.75. The van der Waals surface area contributed by atoms with Gasteiger partial charge in [0.2, 0.25) is 12.7 Å². The fourth-order valence-electron chi connectivity index (χ4n) is 4.97. The summed E-state index contributed by atoms with van der Waals surface area (Å²) in [6, 6.07) is 18.8. The maximum Gasteiger partial charge on any atom is 0.265 e. The molecular formula is C29H23N3O5. The molecule has 0 saturated heterocycles. The molecule has 0 fully saturated rings. The van der Waals surface area contributed by atoms with Crippen LogP contribution in [0.15, 0.2) is 77.9 Å². The van der Waals surface area contributed by atoms with Crippen LogP contribution in [0.25, 0.3) is 10.9 Å². The summed E-state index contributed by atoms with van der Waals surface area (Å²) in [5.41, 5.74) is 3.57. The molecule has 0 spiro atoms. The van der Waals surface area contributed by atoms with Gasteiger partial charge in [0, 0.05) is 47.8 Å². The van der Waals surface area contributed by atoms with E-state index < -0.39 is 17.9 Å². The van der Waals surface area contributed by atoms with Crippen molar-refractivity contribution >= 4 is 40.0 Å². The number of rotatable bonds is 3. The van der Waals surface area contributed by atoms with Crippen LogP contribution in [0, 0.1) is 0 Å². The third-order valence-corrected chi connectivity index (χ3v) is 6.75. The van der Waals surface area contributed by atoms with E-state index in [0.29, 0.717) is 34.0 Å². The highest BCUT2D eigenvalue weighted by Gasteiger charge is 2.37. The van der Waals surface area contributed by atoms with Crippen LogP contribution < -0.4 is 14.4 Å². The van der Waals surface area contributed by atoms with Gasteiger partial charge in [-0.2, -0.15) is 0 Å². The van der Waals surface area contributed by atoms with E-state index in [1.807, 2.05) is 37.3 Å². The number of hydrogen-bond donors (Lipinski definition) is 0. The number of fused-ring (bicyclic) bond motifs is 3. The molecule has 0 bridgehead atoms. The zero-order valence-electron chi connectivity index (χ0n) is 20.3. The van der Waals surface area contributed by atoms with Crippen molar-refractivity contribution in [3.8, 4) is 11.5 Å². The highest BCUT2D eigenvalue weighted by molar-refractivity contribution is 6.26. The average molecular weight is 494 g/mol. The van der Waals surface area contributed by atoms with E-state index >= 15 is 0 Å². The van der Waals surface area contributed by atoms with E-state index in [9.17, 15) is 14.4 Å². The Labute approximate surface area is 212 Å². The second-order valence-corrected chi connectivity index (χ2v) is 9.06. The first kappa shape index (κ1) is 22.7. The summed E-state index contributed by atoms with van der Waals surface area (Å²) in [4.78, 5) is 46.1. The van der Waals surface area contributed by atoms with E-state index in [1.54, 1.807) is 47.2 Å². The van der Waals surface area contributed by atoms with Gasteiger partial charge in [0.15, 0.2) is 11.5 Å². The Kier molecular flexibility index (Phi) is 5.37. The lowest BCUT2D eigenvalue weighted by Crippen LogP contribution is -2.43. The van der Waals surface area contributed by atoms with Gasteiger partial charge in [-0.05, 0) is 36.8 Å². The van der Waals surface area contributed by atoms with Gasteiger partial charge in [-0.25, -0.2) is 4.90 Å². The molecule has 3 heterocycles. The minimum atomic E-state index is -0.886. The fourth-order valence-corrected chi connectivity index (χ4v) is 4.97. The quantitative estimate of drug-likeness (QED) is 0.388. The number of nitrogens with zero attached hydrogens (tertiary/aromatic N) is 3. The first-order valence-corrected chi connectivity index (χ1v) is 11.9. The molecule has 1 atom stereocenters. The Morgan fingerprint density at radius 3 is 2.46 bits per heavy atom. The lowest BCUT2D eigenvalue weighted by Gasteiger charge is -2.24. The summed E-state index contributed by atoms with van der Waals surface area (Å²) in [6.45, 7) is 3.38. The number of carbonyl (C=O) groups is 3. The summed E-state index contributed by atoms with van der Waals surface area (Å²) in [6.07, 6.45) is 1.97. The normalized spacial score (nSPS) is 16.4. The molecule has 2 aliphatic heterocycles. The molecule has 1 unspecified atom stereocenters. The van der Waals surface area contributed by atoms with Crippen molar-refractivity contribution in [2.75, 3.05) is 11.7 Å². The largest absolute Gasteiger partial charge is 0.454 e. The zero-order chi connectivity index (χ0) is 25.7. The Balaban J connectivity index is 1.49. The Morgan fingerprint density at radius 1 is 1.00 bits per heavy atom. The molecule has 6 rings (SSSR count). The van der Waals surface area contributed by atoms with Gasteiger partial charge in [-0.1, -0.05) is 36.4 Å². The number of amides is 2. The molecule has 8 heteroatoms. The second-order valence-electron chi connectivity index (χ2n) is 9.06. The molecule has 0 N–H and O–H groups in total. The maximum absolute atomic E-state index is 14.1. The minimum absolute atomic E-state index is 0.0673. The number of benzene rings is 3. The smallest absolute Gasteiger partial charge is 0.265 e. The van der Waals surface area contributed by atoms with Crippen LogP contribution in [0.2, 0.25) is 0 Å². The summed E-state index contributed by atoms with van der Waals surface area (Å²) < 4.78 is 12.7. The number of anilines is 1. The maximum atomic E-state index is 14.1. The number of aromatic nitrogens is 1. The van der Waals surface area contributed by atoms with Gasteiger partial charge in [-0.3, -0.25) is 23.9 Å². The highest BCUT2D eigenvalue weighted by Crippen LogP contribution is 2.41. The summed E-state index contributed by atoms with van der Waals surface area (Å²) in [7, 11) is 0. The molecular weight excluding hydrogens is 470 g/mol. The summed E-state index contributed by atoms with van der Waals surface area (Å²) in [5, 5.41) is 0.863. The molecule has 184 valence electrons. The van der Waals surface area contributed by atoms with Crippen LogP contribution in [-0.4, -0.2) is 40.8 Å². The van der Waals surface area contributed by atoms with Crippen LogP contribution in [0.5, 0.6) is 11.5 Å². The zero-order valence-corrected chi connectivity index (χ0v) is 20.3. The molecule has 37 heavy (non-hydrogen) atoms. The summed E-state index contributed by atoms with van der Waals surface area (Å²) in [5.74, 6) is -0.0293. The number of aliphatic imine (C=N–C) groups is 1. The van der Waals surface area contributed by atoms with Crippen molar-refractivity contribution in [3.05, 3.63) is 89.6 Å². The van der Waals surface area contributed by atoms with Crippen LogP contribution >= 0.6 is 0 Å². The van der Waals surface area contributed by atoms with Crippen LogP contribution in [0.4, 0.5) is 5.69 Å². The lowest BCUT2D eigenvalue weighted by molar-refractivity contribution is -0.119. The van der Waals surface area contributed by atoms with E-state index in [1.165, 1.54) is 11.8 Å². The highest BCUT2D eigenvalue weighted by atomic mass is 16.7. The van der Waals surface area contributed by atoms with Crippen molar-refractivity contribution in [2.45, 2.75) is 26.3 Å². The minimum Gasteiger partial charge on any atom is -0.454 e. The predicted octanol–water partition coefficient (Wildman–Crippen LogP) is 4.64. The molecule has 0 aliphatic carbocycles. The SMILES string of the molecule is CC(=O)n1cc(CC2N=C(C)c3cc4c(cc3N(C(=O)c3ccccc3)C2=O)OCO4)c2ccccc21. The molecule has 1 aromatic heterocycles. The Bertz CT molecular complexity index is 1620. The van der Waals surface area contributed by atoms with Crippen LogP contribution in [-0.2, 0) is 11.2 Å². The monoisotopic (exact) mass is 493 g/mol. The van der Waals surface area contributed by atoms with E-state index in [4.69, 9.17) is 14.5 Å². The van der Waals surface area contributed by atoms with E-state index in [0.717, 1.165) is 16.5 Å². The number of carbonyl (C=O) groups excluding carboxylic acids is 3. The molecule has 2 amide bonds.